The first-order valence-corrected chi connectivity index (χ1v) is 7.93. The van der Waals surface area contributed by atoms with Gasteiger partial charge in [0.1, 0.15) is 0 Å². The highest BCUT2D eigenvalue weighted by atomic mass is 16.4. The van der Waals surface area contributed by atoms with Gasteiger partial charge in [0.15, 0.2) is 0 Å². The zero-order valence-electron chi connectivity index (χ0n) is 13.7. The number of likely N-dealkylation sites (tertiary alicyclic amines) is 1. The van der Waals surface area contributed by atoms with E-state index in [1.807, 2.05) is 55.9 Å². The molecule has 1 fully saturated rings. The predicted octanol–water partition coefficient (Wildman–Crippen LogP) is 2.75. The average Bonchev–Trinajstić information content (AvgIpc) is 3.10. The van der Waals surface area contributed by atoms with Crippen LogP contribution in [0.2, 0.25) is 0 Å². The fourth-order valence-corrected chi connectivity index (χ4v) is 3.58. The predicted molar refractivity (Wildman–Crippen MR) is 88.3 cm³/mol. The number of fused-ring (bicyclic) bond motifs is 1. The topological polar surface area (TPSA) is 62.5 Å². The van der Waals surface area contributed by atoms with Gasteiger partial charge in [-0.2, -0.15) is 0 Å². The van der Waals surface area contributed by atoms with Crippen molar-refractivity contribution >= 4 is 22.8 Å². The number of para-hydroxylation sites is 1. The fourth-order valence-electron chi connectivity index (χ4n) is 3.58. The molecular formula is C18H22N2O3. The van der Waals surface area contributed by atoms with Crippen LogP contribution in [0.1, 0.15) is 30.6 Å². The van der Waals surface area contributed by atoms with Crippen molar-refractivity contribution in [3.8, 4) is 0 Å². The fraction of sp³-hybridized carbons (Fsp3) is 0.444. The summed E-state index contributed by atoms with van der Waals surface area (Å²) in [6.45, 7) is 4.61. The van der Waals surface area contributed by atoms with Crippen molar-refractivity contribution in [2.24, 2.45) is 18.4 Å². The molecule has 1 aromatic carbocycles. The summed E-state index contributed by atoms with van der Waals surface area (Å²) in [5.74, 6) is -0.892. The number of carbonyl (C=O) groups is 2. The number of nitrogens with zero attached hydrogens (tertiary/aromatic N) is 2. The molecular weight excluding hydrogens is 292 g/mol. The highest BCUT2D eigenvalue weighted by molar-refractivity contribution is 6.07. The number of aliphatic carboxylic acids is 1. The molecule has 23 heavy (non-hydrogen) atoms. The van der Waals surface area contributed by atoms with Gasteiger partial charge in [-0.25, -0.2) is 0 Å². The maximum Gasteiger partial charge on any atom is 0.311 e. The molecule has 2 aromatic rings. The summed E-state index contributed by atoms with van der Waals surface area (Å²) in [7, 11) is 1.92. The normalized spacial score (nSPS) is 21.3. The smallest absolute Gasteiger partial charge is 0.311 e. The van der Waals surface area contributed by atoms with E-state index in [4.69, 9.17) is 0 Å². The lowest BCUT2D eigenvalue weighted by molar-refractivity contribution is -0.150. The van der Waals surface area contributed by atoms with Gasteiger partial charge >= 0.3 is 5.97 Å². The molecule has 1 aromatic heterocycles. The van der Waals surface area contributed by atoms with Crippen LogP contribution >= 0.6 is 0 Å². The second-order valence-electron chi connectivity index (χ2n) is 6.76. The van der Waals surface area contributed by atoms with E-state index in [0.717, 1.165) is 10.9 Å². The molecule has 2 heterocycles. The zero-order valence-corrected chi connectivity index (χ0v) is 13.7. The number of aryl methyl sites for hydroxylation is 1. The summed E-state index contributed by atoms with van der Waals surface area (Å²) in [5, 5.41) is 10.6. The summed E-state index contributed by atoms with van der Waals surface area (Å²) in [6.07, 6.45) is 2.35. The lowest BCUT2D eigenvalue weighted by Crippen LogP contribution is -2.40. The summed E-state index contributed by atoms with van der Waals surface area (Å²) in [6, 6.07) is 7.77. The molecule has 0 saturated carbocycles. The highest BCUT2D eigenvalue weighted by Gasteiger charge is 2.48. The SMILES string of the molecule is CC(C)C1(C(=O)O)CCN(C(=O)c2cn(C)c3ccccc23)C1. The Labute approximate surface area is 135 Å². The average molecular weight is 314 g/mol. The molecule has 1 atom stereocenters. The van der Waals surface area contributed by atoms with E-state index >= 15 is 0 Å². The van der Waals surface area contributed by atoms with Crippen molar-refractivity contribution in [2.75, 3.05) is 13.1 Å². The largest absolute Gasteiger partial charge is 0.481 e. The Bertz CT molecular complexity index is 778. The molecule has 1 unspecified atom stereocenters. The minimum Gasteiger partial charge on any atom is -0.481 e. The van der Waals surface area contributed by atoms with E-state index in [1.165, 1.54) is 0 Å². The molecule has 1 aliphatic rings. The van der Waals surface area contributed by atoms with Gasteiger partial charge in [-0.15, -0.1) is 0 Å². The zero-order chi connectivity index (χ0) is 16.8. The van der Waals surface area contributed by atoms with Crippen LogP contribution < -0.4 is 0 Å². The number of benzene rings is 1. The number of hydrogen-bond donors (Lipinski definition) is 1. The third kappa shape index (κ3) is 2.31. The summed E-state index contributed by atoms with van der Waals surface area (Å²) in [4.78, 5) is 26.4. The number of carbonyl (C=O) groups excluding carboxylic acids is 1. The molecule has 1 aliphatic heterocycles. The second kappa shape index (κ2) is 5.41. The van der Waals surface area contributed by atoms with Crippen LogP contribution in [0.3, 0.4) is 0 Å². The van der Waals surface area contributed by atoms with Crippen molar-refractivity contribution in [1.29, 1.82) is 0 Å². The van der Waals surface area contributed by atoms with E-state index < -0.39 is 11.4 Å². The third-order valence-electron chi connectivity index (χ3n) is 5.25. The summed E-state index contributed by atoms with van der Waals surface area (Å²) >= 11 is 0. The molecule has 0 spiro atoms. The number of hydrogen-bond acceptors (Lipinski definition) is 2. The Morgan fingerprint density at radius 1 is 1.26 bits per heavy atom. The molecule has 1 amide bonds. The van der Waals surface area contributed by atoms with Crippen LogP contribution in [0.4, 0.5) is 0 Å². The van der Waals surface area contributed by atoms with Gasteiger partial charge in [0.25, 0.3) is 5.91 Å². The first kappa shape index (κ1) is 15.6. The first-order valence-electron chi connectivity index (χ1n) is 7.93. The van der Waals surface area contributed by atoms with Crippen LogP contribution in [0.5, 0.6) is 0 Å². The van der Waals surface area contributed by atoms with Crippen molar-refractivity contribution in [3.05, 3.63) is 36.0 Å². The van der Waals surface area contributed by atoms with E-state index in [-0.39, 0.29) is 18.4 Å². The van der Waals surface area contributed by atoms with Crippen LogP contribution in [0.25, 0.3) is 10.9 Å². The number of carboxylic acids is 1. The van der Waals surface area contributed by atoms with Crippen LogP contribution in [0.15, 0.2) is 30.5 Å². The molecule has 5 nitrogen and oxygen atoms in total. The Morgan fingerprint density at radius 2 is 1.96 bits per heavy atom. The van der Waals surface area contributed by atoms with Gasteiger partial charge in [-0.3, -0.25) is 9.59 Å². The summed E-state index contributed by atoms with van der Waals surface area (Å²) in [5.41, 5.74) is 0.816. The van der Waals surface area contributed by atoms with Crippen LogP contribution in [0, 0.1) is 11.3 Å². The van der Waals surface area contributed by atoms with Crippen molar-refractivity contribution in [3.63, 3.8) is 0 Å². The minimum atomic E-state index is -0.833. The maximum atomic E-state index is 12.9. The molecule has 3 rings (SSSR count). The van der Waals surface area contributed by atoms with E-state index in [1.54, 1.807) is 4.90 Å². The van der Waals surface area contributed by atoms with Gasteiger partial charge < -0.3 is 14.6 Å². The van der Waals surface area contributed by atoms with Gasteiger partial charge in [0.05, 0.1) is 11.0 Å². The molecule has 1 N–H and O–H groups in total. The van der Waals surface area contributed by atoms with Crippen molar-refractivity contribution in [2.45, 2.75) is 20.3 Å². The molecule has 0 aliphatic carbocycles. The Morgan fingerprint density at radius 3 is 2.57 bits per heavy atom. The lowest BCUT2D eigenvalue weighted by Gasteiger charge is -2.28. The number of carboxylic acid groups (broad SMARTS) is 1. The van der Waals surface area contributed by atoms with Crippen LogP contribution in [-0.2, 0) is 11.8 Å². The number of amides is 1. The molecule has 5 heteroatoms. The second-order valence-corrected chi connectivity index (χ2v) is 6.76. The monoisotopic (exact) mass is 314 g/mol. The van der Waals surface area contributed by atoms with Crippen molar-refractivity contribution < 1.29 is 14.7 Å². The molecule has 0 bridgehead atoms. The van der Waals surface area contributed by atoms with E-state index in [2.05, 4.69) is 0 Å². The Kier molecular flexibility index (Phi) is 3.66. The molecule has 122 valence electrons. The van der Waals surface area contributed by atoms with Gasteiger partial charge in [0.2, 0.25) is 0 Å². The standard InChI is InChI=1S/C18H22N2O3/c1-12(2)18(17(22)23)8-9-20(11-18)16(21)14-10-19(3)15-7-5-4-6-13(14)15/h4-7,10,12H,8-9,11H2,1-3H3,(H,22,23). The van der Waals surface area contributed by atoms with Gasteiger partial charge in [-0.05, 0) is 18.4 Å². The Hall–Kier alpha value is -2.30. The van der Waals surface area contributed by atoms with Gasteiger partial charge in [-0.1, -0.05) is 32.0 Å². The van der Waals surface area contributed by atoms with Crippen LogP contribution in [-0.4, -0.2) is 39.5 Å². The molecule has 0 radical (unpaired) electrons. The quantitative estimate of drug-likeness (QED) is 0.947. The lowest BCUT2D eigenvalue weighted by atomic mass is 9.76. The summed E-state index contributed by atoms with van der Waals surface area (Å²) < 4.78 is 1.94. The van der Waals surface area contributed by atoms with E-state index in [9.17, 15) is 14.7 Å². The third-order valence-corrected chi connectivity index (χ3v) is 5.25. The van der Waals surface area contributed by atoms with E-state index in [0.29, 0.717) is 18.5 Å². The minimum absolute atomic E-state index is 0.00897. The maximum absolute atomic E-state index is 12.9. The highest BCUT2D eigenvalue weighted by Crippen LogP contribution is 2.39. The number of rotatable bonds is 3. The van der Waals surface area contributed by atoms with Crippen molar-refractivity contribution in [1.82, 2.24) is 9.47 Å². The Balaban J connectivity index is 1.94. The number of aromatic nitrogens is 1. The van der Waals surface area contributed by atoms with Gasteiger partial charge in [0, 0.05) is 37.2 Å². The first-order chi connectivity index (χ1) is 10.9. The molecule has 1 saturated heterocycles.